The van der Waals surface area contributed by atoms with Crippen LogP contribution in [0.3, 0.4) is 0 Å². The van der Waals surface area contributed by atoms with Crippen LogP contribution in [0.2, 0.25) is 0 Å². The summed E-state index contributed by atoms with van der Waals surface area (Å²) in [5, 5.41) is 0. The van der Waals surface area contributed by atoms with Crippen molar-refractivity contribution in [3.63, 3.8) is 0 Å². The summed E-state index contributed by atoms with van der Waals surface area (Å²) in [4.78, 5) is 0. The van der Waals surface area contributed by atoms with Crippen molar-refractivity contribution < 1.29 is 17.6 Å². The Balaban J connectivity index is 2.42. The number of hydrogen-bond acceptors (Lipinski definition) is 1. The zero-order valence-electron chi connectivity index (χ0n) is 10.1. The number of rotatable bonds is 0. The van der Waals surface area contributed by atoms with E-state index in [4.69, 9.17) is 4.42 Å². The SMILES string of the molecule is CC1Cc2oc(C(F)(F)F)cc2C=CC1(C)C. The van der Waals surface area contributed by atoms with E-state index >= 15 is 0 Å². The molecule has 4 heteroatoms. The van der Waals surface area contributed by atoms with Gasteiger partial charge in [-0.1, -0.05) is 32.9 Å². The van der Waals surface area contributed by atoms with E-state index in [1.54, 1.807) is 6.08 Å². The standard InChI is InChI=1S/C13H15F3O/c1-8-6-10-9(4-5-12(8,2)3)7-11(17-10)13(14,15)16/h4-5,7-8H,6H2,1-3H3. The Morgan fingerprint density at radius 3 is 2.59 bits per heavy atom. The van der Waals surface area contributed by atoms with E-state index < -0.39 is 11.9 Å². The third kappa shape index (κ3) is 2.26. The van der Waals surface area contributed by atoms with Gasteiger partial charge in [0.1, 0.15) is 5.76 Å². The highest BCUT2D eigenvalue weighted by atomic mass is 19.4. The Hall–Kier alpha value is -1.19. The van der Waals surface area contributed by atoms with Gasteiger partial charge in [-0.2, -0.15) is 13.2 Å². The lowest BCUT2D eigenvalue weighted by atomic mass is 9.79. The Bertz CT molecular complexity index is 452. The van der Waals surface area contributed by atoms with Crippen molar-refractivity contribution in [2.75, 3.05) is 0 Å². The van der Waals surface area contributed by atoms with E-state index in [1.807, 2.05) is 13.0 Å². The molecule has 1 nitrogen and oxygen atoms in total. The molecular weight excluding hydrogens is 229 g/mol. The van der Waals surface area contributed by atoms with Crippen molar-refractivity contribution in [3.8, 4) is 0 Å². The summed E-state index contributed by atoms with van der Waals surface area (Å²) in [6.07, 6.45) is -0.180. The minimum Gasteiger partial charge on any atom is -0.456 e. The van der Waals surface area contributed by atoms with E-state index in [9.17, 15) is 13.2 Å². The molecule has 0 bridgehead atoms. The van der Waals surface area contributed by atoms with Gasteiger partial charge in [-0.15, -0.1) is 0 Å². The van der Waals surface area contributed by atoms with Crippen molar-refractivity contribution in [2.45, 2.75) is 33.4 Å². The molecule has 0 aliphatic heterocycles. The molecule has 1 unspecified atom stereocenters. The fraction of sp³-hybridized carbons (Fsp3) is 0.538. The van der Waals surface area contributed by atoms with Crippen LogP contribution in [0.15, 0.2) is 16.6 Å². The molecular formula is C13H15F3O. The second kappa shape index (κ2) is 3.65. The number of alkyl halides is 3. The van der Waals surface area contributed by atoms with Gasteiger partial charge in [0.25, 0.3) is 0 Å². The highest BCUT2D eigenvalue weighted by Crippen LogP contribution is 2.39. The summed E-state index contributed by atoms with van der Waals surface area (Å²) in [5.74, 6) is -0.224. The molecule has 17 heavy (non-hydrogen) atoms. The summed E-state index contributed by atoms with van der Waals surface area (Å²) < 4.78 is 42.5. The minimum atomic E-state index is -4.40. The average molecular weight is 244 g/mol. The quantitative estimate of drug-likeness (QED) is 0.653. The fourth-order valence-corrected chi connectivity index (χ4v) is 1.89. The third-order valence-corrected chi connectivity index (χ3v) is 3.58. The summed E-state index contributed by atoms with van der Waals surface area (Å²) >= 11 is 0. The molecule has 1 atom stereocenters. The van der Waals surface area contributed by atoms with Crippen molar-refractivity contribution in [2.24, 2.45) is 11.3 Å². The molecule has 1 heterocycles. The first-order valence-corrected chi connectivity index (χ1v) is 5.59. The Kier molecular flexibility index (Phi) is 2.64. The smallest absolute Gasteiger partial charge is 0.449 e. The van der Waals surface area contributed by atoms with Gasteiger partial charge < -0.3 is 4.42 Å². The lowest BCUT2D eigenvalue weighted by Gasteiger charge is -2.26. The first-order valence-electron chi connectivity index (χ1n) is 5.59. The molecule has 0 saturated heterocycles. The van der Waals surface area contributed by atoms with Crippen LogP contribution >= 0.6 is 0 Å². The molecule has 0 N–H and O–H groups in total. The number of allylic oxidation sites excluding steroid dienone is 1. The Morgan fingerprint density at radius 2 is 2.00 bits per heavy atom. The second-order valence-electron chi connectivity index (χ2n) is 5.25. The zero-order valence-corrected chi connectivity index (χ0v) is 10.1. The largest absolute Gasteiger partial charge is 0.456 e. The highest BCUT2D eigenvalue weighted by Gasteiger charge is 2.37. The van der Waals surface area contributed by atoms with Gasteiger partial charge in [-0.05, 0) is 17.4 Å². The number of halogens is 3. The third-order valence-electron chi connectivity index (χ3n) is 3.58. The lowest BCUT2D eigenvalue weighted by molar-refractivity contribution is -0.153. The van der Waals surface area contributed by atoms with Crippen LogP contribution in [-0.4, -0.2) is 0 Å². The van der Waals surface area contributed by atoms with Crippen molar-refractivity contribution in [1.29, 1.82) is 0 Å². The van der Waals surface area contributed by atoms with Gasteiger partial charge in [0.05, 0.1) is 0 Å². The summed E-state index contributed by atoms with van der Waals surface area (Å²) in [6.45, 7) is 6.17. The average Bonchev–Trinajstić information content (AvgIpc) is 2.53. The van der Waals surface area contributed by atoms with Crippen molar-refractivity contribution in [1.82, 2.24) is 0 Å². The van der Waals surface area contributed by atoms with E-state index in [2.05, 4.69) is 13.8 Å². The van der Waals surface area contributed by atoms with Crippen LogP contribution in [0.1, 0.15) is 37.9 Å². The molecule has 0 fully saturated rings. The van der Waals surface area contributed by atoms with Crippen LogP contribution in [0.5, 0.6) is 0 Å². The monoisotopic (exact) mass is 244 g/mol. The van der Waals surface area contributed by atoms with Crippen LogP contribution in [-0.2, 0) is 12.6 Å². The summed E-state index contributed by atoms with van der Waals surface area (Å²) in [6, 6.07) is 1.08. The maximum Gasteiger partial charge on any atom is 0.449 e. The van der Waals surface area contributed by atoms with Crippen LogP contribution in [0, 0.1) is 11.3 Å². The first-order chi connectivity index (χ1) is 7.70. The molecule has 0 aromatic carbocycles. The van der Waals surface area contributed by atoms with Crippen molar-refractivity contribution >= 4 is 6.08 Å². The summed E-state index contributed by atoms with van der Waals surface area (Å²) in [5.41, 5.74) is 0.523. The van der Waals surface area contributed by atoms with Crippen LogP contribution in [0.25, 0.3) is 6.08 Å². The molecule has 1 aromatic rings. The van der Waals surface area contributed by atoms with E-state index in [1.165, 1.54) is 0 Å². The fourth-order valence-electron chi connectivity index (χ4n) is 1.89. The predicted octanol–water partition coefficient (Wildman–Crippen LogP) is 4.53. The molecule has 0 amide bonds. The molecule has 0 radical (unpaired) electrons. The second-order valence-corrected chi connectivity index (χ2v) is 5.25. The molecule has 1 aliphatic rings. The minimum absolute atomic E-state index is 0.0278. The highest BCUT2D eigenvalue weighted by molar-refractivity contribution is 5.54. The first kappa shape index (κ1) is 12.3. The maximum absolute atomic E-state index is 12.5. The van der Waals surface area contributed by atoms with Gasteiger partial charge in [0.2, 0.25) is 5.76 Å². The van der Waals surface area contributed by atoms with Crippen LogP contribution in [0.4, 0.5) is 13.2 Å². The summed E-state index contributed by atoms with van der Waals surface area (Å²) in [7, 11) is 0. The molecule has 1 aromatic heterocycles. The van der Waals surface area contributed by atoms with Gasteiger partial charge in [-0.25, -0.2) is 0 Å². The topological polar surface area (TPSA) is 13.1 Å². The molecule has 0 spiro atoms. The van der Waals surface area contributed by atoms with E-state index in [-0.39, 0.29) is 11.3 Å². The van der Waals surface area contributed by atoms with Gasteiger partial charge in [-0.3, -0.25) is 0 Å². The van der Waals surface area contributed by atoms with Crippen molar-refractivity contribution in [3.05, 3.63) is 29.2 Å². The van der Waals surface area contributed by atoms with Gasteiger partial charge >= 0.3 is 6.18 Å². The van der Waals surface area contributed by atoms with E-state index in [0.29, 0.717) is 17.7 Å². The van der Waals surface area contributed by atoms with E-state index in [0.717, 1.165) is 6.07 Å². The molecule has 0 saturated carbocycles. The number of fused-ring (bicyclic) bond motifs is 1. The normalized spacial score (nSPS) is 23.3. The zero-order chi connectivity index (χ0) is 12.8. The number of hydrogen-bond donors (Lipinski definition) is 0. The molecule has 2 rings (SSSR count). The number of furan rings is 1. The van der Waals surface area contributed by atoms with Crippen LogP contribution < -0.4 is 0 Å². The maximum atomic E-state index is 12.5. The lowest BCUT2D eigenvalue weighted by Crippen LogP contribution is -2.19. The van der Waals surface area contributed by atoms with Gasteiger partial charge in [0.15, 0.2) is 0 Å². The Morgan fingerprint density at radius 1 is 1.35 bits per heavy atom. The molecule has 94 valence electrons. The predicted molar refractivity (Wildman–Crippen MR) is 59.4 cm³/mol. The van der Waals surface area contributed by atoms with Gasteiger partial charge in [0, 0.05) is 12.0 Å². The Labute approximate surface area is 98.3 Å². The molecule has 1 aliphatic carbocycles.